The third kappa shape index (κ3) is 7.07. The molecule has 0 spiro atoms. The molecule has 3 aliphatic rings. The van der Waals surface area contributed by atoms with E-state index >= 15 is 0 Å². The molecule has 3 atom stereocenters. The van der Waals surface area contributed by atoms with Crippen molar-refractivity contribution in [1.82, 2.24) is 15.2 Å². The average Bonchev–Trinajstić information content (AvgIpc) is 3.49. The Balaban J connectivity index is 1.43. The molecule has 1 aromatic heterocycles. The number of carbonyl (C=O) groups excluding carboxylic acids is 1. The zero-order valence-electron chi connectivity index (χ0n) is 27.3. The first-order valence-corrected chi connectivity index (χ1v) is 16.9. The summed E-state index contributed by atoms with van der Waals surface area (Å²) < 4.78 is 12.5. The summed E-state index contributed by atoms with van der Waals surface area (Å²) >= 11 is 0. The number of pyridine rings is 1. The lowest BCUT2D eigenvalue weighted by molar-refractivity contribution is -0.149. The maximum Gasteiger partial charge on any atom is 0.326 e. The summed E-state index contributed by atoms with van der Waals surface area (Å²) in [7, 11) is 1.67. The number of aliphatic carboxylic acids is 1. The Kier molecular flexibility index (Phi) is 9.64. The van der Waals surface area contributed by atoms with Gasteiger partial charge >= 0.3 is 5.97 Å². The van der Waals surface area contributed by atoms with Crippen LogP contribution in [-0.2, 0) is 9.59 Å². The summed E-state index contributed by atoms with van der Waals surface area (Å²) in [6.07, 6.45) is 12.3. The molecular formula is C38H47N3O5. The predicted octanol–water partition coefficient (Wildman–Crippen LogP) is 7.11. The van der Waals surface area contributed by atoms with Crippen LogP contribution in [-0.4, -0.2) is 65.3 Å². The van der Waals surface area contributed by atoms with Crippen LogP contribution in [0.15, 0.2) is 54.6 Å². The quantitative estimate of drug-likeness (QED) is 0.319. The number of carbonyl (C=O) groups is 2. The maximum atomic E-state index is 14.3. The summed E-state index contributed by atoms with van der Waals surface area (Å²) in [6.45, 7) is 5.50. The van der Waals surface area contributed by atoms with Gasteiger partial charge in [-0.1, -0.05) is 75.6 Å². The van der Waals surface area contributed by atoms with Crippen LogP contribution in [0.5, 0.6) is 11.5 Å². The number of amides is 1. The monoisotopic (exact) mass is 625 g/mol. The van der Waals surface area contributed by atoms with E-state index in [2.05, 4.69) is 31.3 Å². The fourth-order valence-corrected chi connectivity index (χ4v) is 7.47. The second-order valence-electron chi connectivity index (χ2n) is 14.0. The number of ether oxygens (including phenoxy) is 2. The molecule has 2 N–H and O–H groups in total. The average molecular weight is 626 g/mol. The van der Waals surface area contributed by atoms with Gasteiger partial charge < -0.3 is 24.8 Å². The second-order valence-corrected chi connectivity index (χ2v) is 14.0. The van der Waals surface area contributed by atoms with Crippen molar-refractivity contribution in [3.8, 4) is 22.8 Å². The topological polar surface area (TPSA) is 101 Å². The highest BCUT2D eigenvalue weighted by atomic mass is 16.5. The van der Waals surface area contributed by atoms with Gasteiger partial charge in [0.25, 0.3) is 0 Å². The van der Waals surface area contributed by atoms with Crippen molar-refractivity contribution in [2.45, 2.75) is 89.8 Å². The number of carboxylic acid groups (broad SMARTS) is 1. The number of nitrogens with zero attached hydrogens (tertiary/aromatic N) is 2. The number of fused-ring (bicyclic) bond motifs is 3. The number of methoxy groups -OCH3 is 1. The lowest BCUT2D eigenvalue weighted by Crippen LogP contribution is -2.54. The lowest BCUT2D eigenvalue weighted by atomic mass is 9.82. The van der Waals surface area contributed by atoms with E-state index in [1.807, 2.05) is 48.5 Å². The minimum Gasteiger partial charge on any atom is -0.496 e. The van der Waals surface area contributed by atoms with Crippen molar-refractivity contribution in [1.29, 1.82) is 0 Å². The van der Waals surface area contributed by atoms with E-state index in [-0.39, 0.29) is 36.2 Å². The molecule has 46 heavy (non-hydrogen) atoms. The van der Waals surface area contributed by atoms with Crippen LogP contribution < -0.4 is 14.8 Å². The zero-order chi connectivity index (χ0) is 32.3. The number of hydrogen-bond acceptors (Lipinski definition) is 6. The van der Waals surface area contributed by atoms with Gasteiger partial charge in [0.05, 0.1) is 30.9 Å². The van der Waals surface area contributed by atoms with E-state index in [1.165, 1.54) is 6.42 Å². The van der Waals surface area contributed by atoms with E-state index < -0.39 is 18.1 Å². The Bertz CT molecular complexity index is 1580. The molecule has 2 fully saturated rings. The van der Waals surface area contributed by atoms with Gasteiger partial charge in [-0.25, -0.2) is 9.78 Å². The van der Waals surface area contributed by atoms with Crippen molar-refractivity contribution in [2.75, 3.05) is 20.2 Å². The first-order chi connectivity index (χ1) is 22.2. The van der Waals surface area contributed by atoms with Crippen LogP contribution >= 0.6 is 0 Å². The Morgan fingerprint density at radius 3 is 2.61 bits per heavy atom. The van der Waals surface area contributed by atoms with Gasteiger partial charge in [0.1, 0.15) is 23.6 Å². The smallest absolute Gasteiger partial charge is 0.326 e. The van der Waals surface area contributed by atoms with Crippen molar-refractivity contribution in [2.24, 2.45) is 11.3 Å². The second kappa shape index (κ2) is 13.8. The molecule has 244 valence electrons. The van der Waals surface area contributed by atoms with Crippen molar-refractivity contribution >= 4 is 28.9 Å². The Labute approximate surface area is 272 Å². The van der Waals surface area contributed by atoms with Crippen LogP contribution in [0.3, 0.4) is 0 Å². The third-order valence-corrected chi connectivity index (χ3v) is 10.1. The highest BCUT2D eigenvalue weighted by molar-refractivity contribution is 5.92. The number of carboxylic acids is 1. The summed E-state index contributed by atoms with van der Waals surface area (Å²) in [4.78, 5) is 33.5. The van der Waals surface area contributed by atoms with Crippen molar-refractivity contribution in [3.63, 3.8) is 0 Å². The highest BCUT2D eigenvalue weighted by Gasteiger charge is 2.44. The number of benzene rings is 2. The molecule has 1 saturated carbocycles. The van der Waals surface area contributed by atoms with E-state index in [0.717, 1.165) is 85.0 Å². The Morgan fingerprint density at radius 1 is 1.09 bits per heavy atom. The fraction of sp³-hybridized carbons (Fsp3) is 0.500. The normalized spacial score (nSPS) is 25.1. The summed E-state index contributed by atoms with van der Waals surface area (Å²) in [5.74, 6) is 0.457. The maximum absolute atomic E-state index is 14.3. The van der Waals surface area contributed by atoms with Gasteiger partial charge in [0.15, 0.2) is 0 Å². The molecule has 1 aliphatic carbocycles. The number of allylic oxidation sites excluding steroid dienone is 1. The number of rotatable bonds is 4. The largest absolute Gasteiger partial charge is 0.496 e. The first-order valence-electron chi connectivity index (χ1n) is 16.9. The van der Waals surface area contributed by atoms with Gasteiger partial charge in [-0.15, -0.1) is 0 Å². The summed E-state index contributed by atoms with van der Waals surface area (Å²) in [5, 5.41) is 14.7. The molecular weight excluding hydrogens is 578 g/mol. The van der Waals surface area contributed by atoms with Crippen LogP contribution in [0, 0.1) is 11.3 Å². The van der Waals surface area contributed by atoms with E-state index in [4.69, 9.17) is 14.5 Å². The van der Waals surface area contributed by atoms with E-state index in [1.54, 1.807) is 12.0 Å². The zero-order valence-corrected chi connectivity index (χ0v) is 27.3. The predicted molar refractivity (Wildman–Crippen MR) is 181 cm³/mol. The highest BCUT2D eigenvalue weighted by Crippen LogP contribution is 2.38. The molecule has 0 unspecified atom stereocenters. The van der Waals surface area contributed by atoms with Gasteiger partial charge in [-0.05, 0) is 56.0 Å². The van der Waals surface area contributed by atoms with Crippen LogP contribution in [0.1, 0.15) is 77.2 Å². The SMILES string of the molecule is COc1cc2nc(-c3ccccc3)cc3c2cc1/C=C/CC(C)(C)CCCN[C@@H](C1CCCCC1)C(=O)N1C[C@@H](C[C@H]1C(=O)O)O3. The Hall–Kier alpha value is -3.91. The van der Waals surface area contributed by atoms with Crippen LogP contribution in [0.4, 0.5) is 0 Å². The van der Waals surface area contributed by atoms with Gasteiger partial charge in [-0.2, -0.15) is 0 Å². The van der Waals surface area contributed by atoms with Crippen molar-refractivity contribution < 1.29 is 24.2 Å². The van der Waals surface area contributed by atoms with Gasteiger partial charge in [0.2, 0.25) is 5.91 Å². The minimum atomic E-state index is -0.990. The molecule has 1 saturated heterocycles. The fourth-order valence-electron chi connectivity index (χ4n) is 7.47. The number of nitrogens with one attached hydrogen (secondary N) is 1. The molecule has 2 aliphatic heterocycles. The first kappa shape index (κ1) is 32.0. The van der Waals surface area contributed by atoms with Crippen molar-refractivity contribution in [3.05, 3.63) is 60.2 Å². The molecule has 6 rings (SSSR count). The molecule has 3 aromatic rings. The Morgan fingerprint density at radius 2 is 1.87 bits per heavy atom. The molecule has 8 heteroatoms. The summed E-state index contributed by atoms with van der Waals surface area (Å²) in [5.41, 5.74) is 3.41. The van der Waals surface area contributed by atoms with Crippen LogP contribution in [0.2, 0.25) is 0 Å². The third-order valence-electron chi connectivity index (χ3n) is 10.1. The van der Waals surface area contributed by atoms with Gasteiger partial charge in [-0.3, -0.25) is 4.79 Å². The standard InChI is InChI=1S/C38H47N3O5/c1-38(2)17-10-16-27-20-29-31(23-33(27)45-3)40-30(25-12-6-4-7-13-25)22-34(29)46-28-21-32(37(43)44)41(24-28)36(42)35(39-19-11-18-38)26-14-8-5-9-15-26/h4,6-7,10,12-13,16,20,22-23,26,28,32,35,39H,5,8-9,11,14-15,17-19,21,24H2,1-3H3,(H,43,44)/b16-10+/t28-,32+,35+/m1/s1. The number of aromatic nitrogens is 1. The van der Waals surface area contributed by atoms with E-state index in [0.29, 0.717) is 5.75 Å². The minimum absolute atomic E-state index is 0.0645. The molecule has 4 bridgehead atoms. The molecule has 0 radical (unpaired) electrons. The molecule has 1 amide bonds. The van der Waals surface area contributed by atoms with E-state index in [9.17, 15) is 14.7 Å². The lowest BCUT2D eigenvalue weighted by Gasteiger charge is -2.34. The molecule has 8 nitrogen and oxygen atoms in total. The number of hydrogen-bond donors (Lipinski definition) is 2. The molecule has 2 aromatic carbocycles. The van der Waals surface area contributed by atoms with Crippen LogP contribution in [0.25, 0.3) is 28.2 Å². The molecule has 3 heterocycles. The van der Waals surface area contributed by atoms with Gasteiger partial charge in [0, 0.05) is 35.1 Å². The summed E-state index contributed by atoms with van der Waals surface area (Å²) in [6, 6.07) is 14.5.